The number of carbonyl (C=O) groups is 1. The summed E-state index contributed by atoms with van der Waals surface area (Å²) in [7, 11) is 0. The molecule has 6 heteroatoms. The number of nitrogens with two attached hydrogens (primary N) is 2. The summed E-state index contributed by atoms with van der Waals surface area (Å²) in [4.78, 5) is 11.0. The van der Waals surface area contributed by atoms with E-state index in [0.717, 1.165) is 5.56 Å². The van der Waals surface area contributed by atoms with Gasteiger partial charge >= 0.3 is 0 Å². The van der Waals surface area contributed by atoms with Gasteiger partial charge in [-0.05, 0) is 30.3 Å². The Labute approximate surface area is 126 Å². The first kappa shape index (κ1) is 14.5. The molecule has 4 N–H and O–H groups in total. The zero-order chi connectivity index (χ0) is 14.7. The van der Waals surface area contributed by atoms with Gasteiger partial charge in [0.05, 0.1) is 5.02 Å². The molecule has 20 heavy (non-hydrogen) atoms. The van der Waals surface area contributed by atoms with E-state index in [-0.39, 0.29) is 6.61 Å². The molecule has 104 valence electrons. The van der Waals surface area contributed by atoms with Crippen LogP contribution in [-0.2, 0) is 6.61 Å². The molecule has 1 amide bonds. The highest BCUT2D eigenvalue weighted by Crippen LogP contribution is 2.28. The second-order valence-corrected chi connectivity index (χ2v) is 4.96. The van der Waals surface area contributed by atoms with Crippen LogP contribution in [0.25, 0.3) is 0 Å². The number of primary amides is 1. The first-order valence-electron chi connectivity index (χ1n) is 5.73. The number of benzene rings is 2. The number of halogens is 2. The summed E-state index contributed by atoms with van der Waals surface area (Å²) in [5.41, 5.74) is 12.4. The monoisotopic (exact) mass is 310 g/mol. The summed E-state index contributed by atoms with van der Waals surface area (Å²) in [5.74, 6) is -0.0168. The lowest BCUT2D eigenvalue weighted by atomic mass is 10.1. The van der Waals surface area contributed by atoms with Crippen LogP contribution in [0.1, 0.15) is 15.9 Å². The van der Waals surface area contributed by atoms with E-state index in [1.807, 2.05) is 0 Å². The molecule has 0 aliphatic carbocycles. The third kappa shape index (κ3) is 3.35. The molecule has 0 saturated heterocycles. The van der Waals surface area contributed by atoms with Gasteiger partial charge in [-0.1, -0.05) is 29.3 Å². The number of rotatable bonds is 4. The van der Waals surface area contributed by atoms with Gasteiger partial charge in [0.25, 0.3) is 0 Å². The third-order valence-corrected chi connectivity index (χ3v) is 3.32. The fourth-order valence-corrected chi connectivity index (χ4v) is 2.09. The van der Waals surface area contributed by atoms with E-state index in [2.05, 4.69) is 0 Å². The summed E-state index contributed by atoms with van der Waals surface area (Å²) >= 11 is 12.1. The molecule has 0 saturated carbocycles. The van der Waals surface area contributed by atoms with Crippen LogP contribution in [0.2, 0.25) is 10.0 Å². The van der Waals surface area contributed by atoms with Gasteiger partial charge in [-0.3, -0.25) is 4.79 Å². The summed E-state index contributed by atoms with van der Waals surface area (Å²) < 4.78 is 5.57. The van der Waals surface area contributed by atoms with Gasteiger partial charge in [0, 0.05) is 21.8 Å². The maximum absolute atomic E-state index is 11.0. The summed E-state index contributed by atoms with van der Waals surface area (Å²) in [6.07, 6.45) is 0. The topological polar surface area (TPSA) is 78.3 Å². The predicted molar refractivity (Wildman–Crippen MR) is 80.2 cm³/mol. The molecule has 0 atom stereocenters. The Morgan fingerprint density at radius 2 is 1.85 bits per heavy atom. The van der Waals surface area contributed by atoms with Crippen LogP contribution < -0.4 is 16.2 Å². The highest BCUT2D eigenvalue weighted by molar-refractivity contribution is 6.32. The van der Waals surface area contributed by atoms with Gasteiger partial charge in [0.15, 0.2) is 0 Å². The normalized spacial score (nSPS) is 10.3. The van der Waals surface area contributed by atoms with Crippen molar-refractivity contribution in [3.05, 3.63) is 57.6 Å². The van der Waals surface area contributed by atoms with Crippen LogP contribution in [0.4, 0.5) is 5.69 Å². The maximum Gasteiger partial charge on any atom is 0.248 e. The molecule has 2 aromatic carbocycles. The highest BCUT2D eigenvalue weighted by atomic mass is 35.5. The number of hydrogen-bond acceptors (Lipinski definition) is 3. The number of carbonyl (C=O) groups excluding carboxylic acids is 1. The minimum Gasteiger partial charge on any atom is -0.487 e. The number of nitrogen functional groups attached to an aromatic ring is 1. The Morgan fingerprint density at radius 1 is 1.10 bits per heavy atom. The van der Waals surface area contributed by atoms with Gasteiger partial charge in [0.2, 0.25) is 5.91 Å². The van der Waals surface area contributed by atoms with Crippen molar-refractivity contribution in [2.75, 3.05) is 5.73 Å². The predicted octanol–water partition coefficient (Wildman–Crippen LogP) is 3.25. The molecule has 0 aliphatic rings. The smallest absolute Gasteiger partial charge is 0.248 e. The van der Waals surface area contributed by atoms with Crippen LogP contribution >= 0.6 is 23.2 Å². The average molecular weight is 311 g/mol. The Hall–Kier alpha value is -1.91. The van der Waals surface area contributed by atoms with Crippen LogP contribution in [-0.4, -0.2) is 5.91 Å². The molecule has 2 aromatic rings. The molecule has 0 unspecified atom stereocenters. The van der Waals surface area contributed by atoms with Crippen LogP contribution in [0.3, 0.4) is 0 Å². The molecular formula is C14H12Cl2N2O2. The Balaban J connectivity index is 2.13. The van der Waals surface area contributed by atoms with Crippen molar-refractivity contribution in [2.24, 2.45) is 5.73 Å². The van der Waals surface area contributed by atoms with Crippen molar-refractivity contribution in [3.8, 4) is 5.75 Å². The van der Waals surface area contributed by atoms with Crippen LogP contribution in [0.15, 0.2) is 36.4 Å². The summed E-state index contributed by atoms with van der Waals surface area (Å²) in [5, 5.41) is 0.836. The van der Waals surface area contributed by atoms with Crippen molar-refractivity contribution >= 4 is 34.8 Å². The van der Waals surface area contributed by atoms with E-state index in [1.165, 1.54) is 6.07 Å². The Bertz CT molecular complexity index is 660. The van der Waals surface area contributed by atoms with E-state index in [4.69, 9.17) is 39.4 Å². The quantitative estimate of drug-likeness (QED) is 0.851. The minimum atomic E-state index is -0.527. The van der Waals surface area contributed by atoms with E-state index >= 15 is 0 Å². The van der Waals surface area contributed by atoms with Crippen molar-refractivity contribution in [1.82, 2.24) is 0 Å². The Kier molecular flexibility index (Phi) is 4.37. The zero-order valence-electron chi connectivity index (χ0n) is 10.4. The molecule has 0 aromatic heterocycles. The standard InChI is InChI=1S/C14H12Cl2N2O2/c15-11-5-8(14(18)19)1-2-9(11)7-20-13-4-3-10(17)6-12(13)16/h1-6H,7,17H2,(H2,18,19). The molecular weight excluding hydrogens is 299 g/mol. The van der Waals surface area contributed by atoms with Crippen molar-refractivity contribution < 1.29 is 9.53 Å². The van der Waals surface area contributed by atoms with Gasteiger partial charge in [-0.2, -0.15) is 0 Å². The number of amides is 1. The number of anilines is 1. The molecule has 0 spiro atoms. The largest absolute Gasteiger partial charge is 0.487 e. The lowest BCUT2D eigenvalue weighted by molar-refractivity contribution is 0.1000. The first-order chi connectivity index (χ1) is 9.47. The fraction of sp³-hybridized carbons (Fsp3) is 0.0714. The minimum absolute atomic E-state index is 0.224. The average Bonchev–Trinajstić information content (AvgIpc) is 2.38. The summed E-state index contributed by atoms with van der Waals surface area (Å²) in [6.45, 7) is 0.224. The molecule has 0 fully saturated rings. The summed E-state index contributed by atoms with van der Waals surface area (Å²) in [6, 6.07) is 9.77. The van der Waals surface area contributed by atoms with Crippen LogP contribution in [0, 0.1) is 0 Å². The fourth-order valence-electron chi connectivity index (χ4n) is 1.61. The number of hydrogen-bond donors (Lipinski definition) is 2. The third-order valence-electron chi connectivity index (χ3n) is 2.68. The second-order valence-electron chi connectivity index (χ2n) is 4.15. The first-order valence-corrected chi connectivity index (χ1v) is 6.49. The van der Waals surface area contributed by atoms with Gasteiger partial charge in [-0.25, -0.2) is 0 Å². The molecule has 0 bridgehead atoms. The van der Waals surface area contributed by atoms with Crippen molar-refractivity contribution in [1.29, 1.82) is 0 Å². The van der Waals surface area contributed by atoms with Gasteiger partial charge < -0.3 is 16.2 Å². The molecule has 0 heterocycles. The van der Waals surface area contributed by atoms with E-state index < -0.39 is 5.91 Å². The lowest BCUT2D eigenvalue weighted by Crippen LogP contribution is -2.11. The Morgan fingerprint density at radius 3 is 2.45 bits per heavy atom. The lowest BCUT2D eigenvalue weighted by Gasteiger charge is -2.10. The molecule has 4 nitrogen and oxygen atoms in total. The molecule has 2 rings (SSSR count). The number of ether oxygens (including phenoxy) is 1. The van der Waals surface area contributed by atoms with Crippen molar-refractivity contribution in [3.63, 3.8) is 0 Å². The van der Waals surface area contributed by atoms with Gasteiger partial charge in [0.1, 0.15) is 12.4 Å². The second kappa shape index (κ2) is 6.03. The molecule has 0 radical (unpaired) electrons. The zero-order valence-corrected chi connectivity index (χ0v) is 11.9. The molecule has 0 aliphatic heterocycles. The highest BCUT2D eigenvalue weighted by Gasteiger charge is 2.08. The maximum atomic E-state index is 11.0. The SMILES string of the molecule is NC(=O)c1ccc(COc2ccc(N)cc2Cl)c(Cl)c1. The van der Waals surface area contributed by atoms with Crippen molar-refractivity contribution in [2.45, 2.75) is 6.61 Å². The van der Waals surface area contributed by atoms with Crippen LogP contribution in [0.5, 0.6) is 5.75 Å². The van der Waals surface area contributed by atoms with E-state index in [9.17, 15) is 4.79 Å². The van der Waals surface area contributed by atoms with E-state index in [0.29, 0.717) is 27.0 Å². The van der Waals surface area contributed by atoms with Gasteiger partial charge in [-0.15, -0.1) is 0 Å². The van der Waals surface area contributed by atoms with E-state index in [1.54, 1.807) is 30.3 Å².